The van der Waals surface area contributed by atoms with Crippen LogP contribution in [0.3, 0.4) is 0 Å². The van der Waals surface area contributed by atoms with E-state index in [0.29, 0.717) is 5.75 Å². The summed E-state index contributed by atoms with van der Waals surface area (Å²) in [6, 6.07) is 5.24. The fourth-order valence-electron chi connectivity index (χ4n) is 2.49. The molecule has 0 bridgehead atoms. The van der Waals surface area contributed by atoms with Crippen molar-refractivity contribution < 1.29 is 35.8 Å². The van der Waals surface area contributed by atoms with Gasteiger partial charge in [0, 0.05) is 19.2 Å². The number of alkyl halides is 3. The largest absolute Gasteiger partial charge is 0.493 e. The fourth-order valence-corrected chi connectivity index (χ4v) is 3.55. The number of ether oxygens (including phenoxy) is 3. The van der Waals surface area contributed by atoms with Crippen molar-refractivity contribution in [2.24, 2.45) is 0 Å². The van der Waals surface area contributed by atoms with E-state index in [1.54, 1.807) is 0 Å². The summed E-state index contributed by atoms with van der Waals surface area (Å²) in [5.74, 6) is 0.562. The number of aromatic amines is 1. The van der Waals surface area contributed by atoms with Gasteiger partial charge in [-0.2, -0.15) is 21.6 Å². The second-order valence-corrected chi connectivity index (χ2v) is 7.88. The molecule has 30 heavy (non-hydrogen) atoms. The molecule has 1 aromatic carbocycles. The zero-order valence-electron chi connectivity index (χ0n) is 16.0. The molecule has 0 radical (unpaired) electrons. The highest BCUT2D eigenvalue weighted by molar-refractivity contribution is 7.92. The maximum atomic E-state index is 12.9. The maximum Gasteiger partial charge on any atom is 0.422 e. The molecule has 2 heterocycles. The van der Waals surface area contributed by atoms with Crippen LogP contribution in [0.4, 0.5) is 19.0 Å². The van der Waals surface area contributed by atoms with E-state index in [9.17, 15) is 21.6 Å². The molecule has 3 aromatic rings. The molecule has 0 fully saturated rings. The molecular weight excluding hydrogens is 429 g/mol. The van der Waals surface area contributed by atoms with Crippen LogP contribution in [0.1, 0.15) is 0 Å². The van der Waals surface area contributed by atoms with E-state index < -0.39 is 28.0 Å². The topological polar surface area (TPSA) is 107 Å². The number of hydrogen-bond donors (Lipinski definition) is 1. The van der Waals surface area contributed by atoms with Gasteiger partial charge in [0.25, 0.3) is 10.0 Å². The van der Waals surface area contributed by atoms with Gasteiger partial charge < -0.3 is 19.2 Å². The maximum absolute atomic E-state index is 12.9. The Morgan fingerprint density at radius 1 is 1.13 bits per heavy atom. The molecular formula is C17H17F3N4O5S. The first-order valence-corrected chi connectivity index (χ1v) is 9.75. The van der Waals surface area contributed by atoms with Crippen molar-refractivity contribution in [1.82, 2.24) is 15.0 Å². The van der Waals surface area contributed by atoms with Gasteiger partial charge in [-0.05, 0) is 12.1 Å². The first-order chi connectivity index (χ1) is 14.0. The standard InChI is InChI=1S/C17H17F3N4O5S/c1-24(15-7-13(27-2)14(28-3)8-21-15)30(25,26)16-22-11-5-4-10(6-12(11)23-16)29-9-17(18,19)20/h4-8H,9H2,1-3H3,(H,22,23). The first-order valence-electron chi connectivity index (χ1n) is 8.31. The number of benzene rings is 1. The monoisotopic (exact) mass is 446 g/mol. The number of nitrogens with zero attached hydrogens (tertiary/aromatic N) is 3. The predicted octanol–water partition coefficient (Wildman–Crippen LogP) is 2.74. The molecule has 3 rings (SSSR count). The Labute approximate surface area is 169 Å². The molecule has 0 atom stereocenters. The second-order valence-electron chi connectivity index (χ2n) is 5.99. The lowest BCUT2D eigenvalue weighted by Gasteiger charge is -2.18. The highest BCUT2D eigenvalue weighted by Gasteiger charge is 2.29. The molecule has 0 aliphatic heterocycles. The third-order valence-electron chi connectivity index (χ3n) is 4.02. The molecule has 0 amide bonds. The van der Waals surface area contributed by atoms with E-state index in [1.807, 2.05) is 0 Å². The van der Waals surface area contributed by atoms with Crippen molar-refractivity contribution >= 4 is 26.9 Å². The molecule has 2 aromatic heterocycles. The summed E-state index contributed by atoms with van der Waals surface area (Å²) in [5, 5.41) is -0.412. The Hall–Kier alpha value is -3.22. The van der Waals surface area contributed by atoms with Gasteiger partial charge in [-0.1, -0.05) is 0 Å². The average Bonchev–Trinajstić information content (AvgIpc) is 3.14. The summed E-state index contributed by atoms with van der Waals surface area (Å²) in [6.07, 6.45) is -3.18. The van der Waals surface area contributed by atoms with Gasteiger partial charge in [0.05, 0.1) is 31.4 Å². The number of hydrogen-bond acceptors (Lipinski definition) is 7. The number of pyridine rings is 1. The van der Waals surface area contributed by atoms with Crippen LogP contribution in [0.2, 0.25) is 0 Å². The summed E-state index contributed by atoms with van der Waals surface area (Å²) in [5.41, 5.74) is 0.434. The van der Waals surface area contributed by atoms with E-state index in [-0.39, 0.29) is 28.4 Å². The summed E-state index contributed by atoms with van der Waals surface area (Å²) in [6.45, 7) is -1.47. The zero-order chi connectivity index (χ0) is 22.1. The van der Waals surface area contributed by atoms with E-state index in [4.69, 9.17) is 9.47 Å². The van der Waals surface area contributed by atoms with E-state index in [0.717, 1.165) is 4.31 Å². The number of nitrogens with one attached hydrogen (secondary N) is 1. The Morgan fingerprint density at radius 3 is 2.47 bits per heavy atom. The summed E-state index contributed by atoms with van der Waals surface area (Å²) in [7, 11) is -0.0733. The molecule has 0 unspecified atom stereocenters. The van der Waals surface area contributed by atoms with Gasteiger partial charge in [0.2, 0.25) is 5.16 Å². The van der Waals surface area contributed by atoms with E-state index in [1.165, 1.54) is 51.7 Å². The number of rotatable bonds is 7. The summed E-state index contributed by atoms with van der Waals surface area (Å²) in [4.78, 5) is 10.6. The number of imidazole rings is 1. The highest BCUT2D eigenvalue weighted by Crippen LogP contribution is 2.31. The first kappa shape index (κ1) is 21.5. The number of fused-ring (bicyclic) bond motifs is 1. The molecule has 0 aliphatic carbocycles. The normalized spacial score (nSPS) is 12.1. The van der Waals surface area contributed by atoms with Crippen LogP contribution in [0.15, 0.2) is 35.6 Å². The van der Waals surface area contributed by atoms with Gasteiger partial charge in [-0.3, -0.25) is 4.31 Å². The van der Waals surface area contributed by atoms with Gasteiger partial charge in [-0.25, -0.2) is 9.97 Å². The molecule has 9 nitrogen and oxygen atoms in total. The van der Waals surface area contributed by atoms with E-state index >= 15 is 0 Å². The smallest absolute Gasteiger partial charge is 0.422 e. The molecule has 13 heteroatoms. The Morgan fingerprint density at radius 2 is 1.83 bits per heavy atom. The van der Waals surface area contributed by atoms with Gasteiger partial charge in [-0.15, -0.1) is 0 Å². The van der Waals surface area contributed by atoms with Crippen LogP contribution in [-0.2, 0) is 10.0 Å². The van der Waals surface area contributed by atoms with Crippen LogP contribution in [0.25, 0.3) is 11.0 Å². The molecule has 0 saturated carbocycles. The fraction of sp³-hybridized carbons (Fsp3) is 0.294. The number of methoxy groups -OCH3 is 2. The Bertz CT molecular complexity index is 1160. The minimum atomic E-state index is -4.49. The second kappa shape index (κ2) is 7.89. The molecule has 162 valence electrons. The highest BCUT2D eigenvalue weighted by atomic mass is 32.2. The SMILES string of the molecule is COc1cnc(N(C)S(=O)(=O)c2nc3ccc(OCC(F)(F)F)cc3[nH]2)cc1OC. The van der Waals surface area contributed by atoms with Crippen LogP contribution >= 0.6 is 0 Å². The van der Waals surface area contributed by atoms with Gasteiger partial charge in [0.1, 0.15) is 11.6 Å². The lowest BCUT2D eigenvalue weighted by molar-refractivity contribution is -0.153. The third kappa shape index (κ3) is 4.35. The molecule has 0 spiro atoms. The lowest BCUT2D eigenvalue weighted by Crippen LogP contribution is -2.28. The van der Waals surface area contributed by atoms with Crippen molar-refractivity contribution in [2.45, 2.75) is 11.3 Å². The molecule has 0 aliphatic rings. The quantitative estimate of drug-likeness (QED) is 0.595. The minimum absolute atomic E-state index is 0.0438. The van der Waals surface area contributed by atoms with Crippen LogP contribution in [0, 0.1) is 0 Å². The van der Waals surface area contributed by atoms with E-state index in [2.05, 4.69) is 19.7 Å². The predicted molar refractivity (Wildman–Crippen MR) is 101 cm³/mol. The van der Waals surface area contributed by atoms with Crippen molar-refractivity contribution in [3.8, 4) is 17.2 Å². The molecule has 1 N–H and O–H groups in total. The third-order valence-corrected chi connectivity index (χ3v) is 5.61. The van der Waals surface area contributed by atoms with Crippen molar-refractivity contribution in [3.63, 3.8) is 0 Å². The van der Waals surface area contributed by atoms with Crippen molar-refractivity contribution in [3.05, 3.63) is 30.5 Å². The molecule has 0 saturated heterocycles. The zero-order valence-corrected chi connectivity index (χ0v) is 16.8. The number of H-pyrrole nitrogens is 1. The van der Waals surface area contributed by atoms with Crippen molar-refractivity contribution in [1.29, 1.82) is 0 Å². The van der Waals surface area contributed by atoms with Crippen LogP contribution in [0.5, 0.6) is 17.2 Å². The summed E-state index contributed by atoms with van der Waals surface area (Å²) < 4.78 is 78.6. The number of sulfonamides is 1. The van der Waals surface area contributed by atoms with Crippen LogP contribution < -0.4 is 18.5 Å². The summed E-state index contributed by atoms with van der Waals surface area (Å²) >= 11 is 0. The minimum Gasteiger partial charge on any atom is -0.493 e. The van der Waals surface area contributed by atoms with Crippen LogP contribution in [-0.4, -0.2) is 57.4 Å². The average molecular weight is 446 g/mol. The van der Waals surface area contributed by atoms with Crippen molar-refractivity contribution in [2.75, 3.05) is 32.2 Å². The Balaban J connectivity index is 1.91. The number of aromatic nitrogens is 3. The van der Waals surface area contributed by atoms with Gasteiger partial charge in [0.15, 0.2) is 18.1 Å². The van der Waals surface area contributed by atoms with Gasteiger partial charge >= 0.3 is 6.18 Å². The lowest BCUT2D eigenvalue weighted by atomic mass is 10.3. The number of halogens is 3. The Kier molecular flexibility index (Phi) is 5.65. The number of anilines is 1.